The lowest BCUT2D eigenvalue weighted by Gasteiger charge is -2.29. The average Bonchev–Trinajstić information content (AvgIpc) is 2.74. The van der Waals surface area contributed by atoms with E-state index >= 15 is 0 Å². The maximum Gasteiger partial charge on any atom is 0.251 e. The summed E-state index contributed by atoms with van der Waals surface area (Å²) >= 11 is 0. The number of carbonyl (C=O) groups excluding carboxylic acids is 1. The van der Waals surface area contributed by atoms with Crippen molar-refractivity contribution in [2.45, 2.75) is 13.0 Å². The zero-order valence-corrected chi connectivity index (χ0v) is 15.6. The van der Waals surface area contributed by atoms with Crippen molar-refractivity contribution in [2.75, 3.05) is 31.1 Å². The minimum atomic E-state index is -0.0635. The minimum absolute atomic E-state index is 0.0348. The van der Waals surface area contributed by atoms with Gasteiger partial charge in [-0.3, -0.25) is 4.79 Å². The lowest BCUT2D eigenvalue weighted by atomic mass is 9.99. The topological polar surface area (TPSA) is 44.4 Å². The molecule has 3 aromatic rings. The molecule has 0 spiro atoms. The van der Waals surface area contributed by atoms with Crippen LogP contribution >= 0.6 is 0 Å². The van der Waals surface area contributed by atoms with Crippen molar-refractivity contribution in [3.63, 3.8) is 0 Å². The highest BCUT2D eigenvalue weighted by atomic mass is 16.1. The van der Waals surface area contributed by atoms with Gasteiger partial charge >= 0.3 is 0 Å². The van der Waals surface area contributed by atoms with Crippen LogP contribution in [0.25, 0.3) is 10.8 Å². The molecule has 1 heterocycles. The Hall–Kier alpha value is -2.85. The largest absolute Gasteiger partial charge is 0.369 e. The molecule has 1 amide bonds. The Labute approximate surface area is 160 Å². The molecule has 0 bridgehead atoms. The number of benzene rings is 3. The number of nitrogens with one attached hydrogen (secondary N) is 2. The molecule has 0 radical (unpaired) electrons. The normalized spacial score (nSPS) is 15.5. The van der Waals surface area contributed by atoms with Crippen LogP contribution < -0.4 is 15.5 Å². The van der Waals surface area contributed by atoms with Gasteiger partial charge in [0.1, 0.15) is 0 Å². The summed E-state index contributed by atoms with van der Waals surface area (Å²) in [5.74, 6) is -0.0348. The van der Waals surface area contributed by atoms with Crippen LogP contribution in [0.5, 0.6) is 0 Å². The number of nitrogens with zero attached hydrogens (tertiary/aromatic N) is 1. The molecule has 138 valence electrons. The van der Waals surface area contributed by atoms with E-state index in [1.807, 2.05) is 43.3 Å². The van der Waals surface area contributed by atoms with Gasteiger partial charge in [-0.15, -0.1) is 0 Å². The Morgan fingerprint density at radius 1 is 1.00 bits per heavy atom. The number of rotatable bonds is 4. The molecule has 4 rings (SSSR count). The molecule has 1 fully saturated rings. The van der Waals surface area contributed by atoms with Crippen molar-refractivity contribution in [1.29, 1.82) is 0 Å². The summed E-state index contributed by atoms with van der Waals surface area (Å²) in [4.78, 5) is 15.2. The second-order valence-electron chi connectivity index (χ2n) is 7.05. The zero-order chi connectivity index (χ0) is 18.6. The number of fused-ring (bicyclic) bond motifs is 1. The number of amides is 1. The molecule has 1 atom stereocenters. The molecule has 0 aromatic heterocycles. The Morgan fingerprint density at radius 3 is 2.59 bits per heavy atom. The Kier molecular flexibility index (Phi) is 5.07. The van der Waals surface area contributed by atoms with Gasteiger partial charge < -0.3 is 15.5 Å². The van der Waals surface area contributed by atoms with Gasteiger partial charge in [0, 0.05) is 37.4 Å². The number of carbonyl (C=O) groups is 1. The first-order valence-corrected chi connectivity index (χ1v) is 9.56. The summed E-state index contributed by atoms with van der Waals surface area (Å²) in [6.45, 7) is 5.94. The number of anilines is 1. The fourth-order valence-electron chi connectivity index (χ4n) is 3.75. The molecule has 0 saturated carbocycles. The van der Waals surface area contributed by atoms with E-state index in [9.17, 15) is 4.79 Å². The molecular formula is C23H25N3O. The minimum Gasteiger partial charge on any atom is -0.369 e. The molecule has 1 saturated heterocycles. The van der Waals surface area contributed by atoms with Crippen LogP contribution in [0.3, 0.4) is 0 Å². The summed E-state index contributed by atoms with van der Waals surface area (Å²) in [6, 6.07) is 22.4. The molecule has 0 unspecified atom stereocenters. The second-order valence-corrected chi connectivity index (χ2v) is 7.05. The third-order valence-corrected chi connectivity index (χ3v) is 5.23. The van der Waals surface area contributed by atoms with Crippen molar-refractivity contribution in [2.24, 2.45) is 0 Å². The Morgan fingerprint density at radius 2 is 1.74 bits per heavy atom. The van der Waals surface area contributed by atoms with Gasteiger partial charge in [-0.2, -0.15) is 0 Å². The SMILES string of the molecule is C[C@@H](NC(=O)c1cccc(N2CCNCC2)c1)c1cccc2ccccc12. The highest BCUT2D eigenvalue weighted by Crippen LogP contribution is 2.24. The van der Waals surface area contributed by atoms with Gasteiger partial charge in [0.25, 0.3) is 5.91 Å². The molecule has 2 N–H and O–H groups in total. The predicted molar refractivity (Wildman–Crippen MR) is 111 cm³/mol. The molecule has 27 heavy (non-hydrogen) atoms. The second kappa shape index (κ2) is 7.80. The van der Waals surface area contributed by atoms with Gasteiger partial charge in [-0.1, -0.05) is 48.5 Å². The molecule has 0 aliphatic carbocycles. The Bertz CT molecular complexity index is 942. The smallest absolute Gasteiger partial charge is 0.251 e. The van der Waals surface area contributed by atoms with Crippen molar-refractivity contribution in [3.05, 3.63) is 77.9 Å². The van der Waals surface area contributed by atoms with Gasteiger partial charge in [-0.05, 0) is 41.5 Å². The zero-order valence-electron chi connectivity index (χ0n) is 15.6. The molecule has 1 aliphatic heterocycles. The van der Waals surface area contributed by atoms with Gasteiger partial charge in [-0.25, -0.2) is 0 Å². The maximum absolute atomic E-state index is 12.9. The third-order valence-electron chi connectivity index (χ3n) is 5.23. The van der Waals surface area contributed by atoms with E-state index < -0.39 is 0 Å². The van der Waals surface area contributed by atoms with Crippen molar-refractivity contribution in [1.82, 2.24) is 10.6 Å². The van der Waals surface area contributed by atoms with Crippen molar-refractivity contribution < 1.29 is 4.79 Å². The number of hydrogen-bond acceptors (Lipinski definition) is 3. The first kappa shape index (κ1) is 17.6. The van der Waals surface area contributed by atoms with Crippen LogP contribution in [-0.4, -0.2) is 32.1 Å². The number of piperazine rings is 1. The summed E-state index contributed by atoms with van der Waals surface area (Å²) in [5.41, 5.74) is 2.96. The molecule has 1 aliphatic rings. The van der Waals surface area contributed by atoms with Crippen LogP contribution in [0.4, 0.5) is 5.69 Å². The lowest BCUT2D eigenvalue weighted by Crippen LogP contribution is -2.43. The highest BCUT2D eigenvalue weighted by Gasteiger charge is 2.16. The fourth-order valence-corrected chi connectivity index (χ4v) is 3.75. The molecular weight excluding hydrogens is 334 g/mol. The number of hydrogen-bond donors (Lipinski definition) is 2. The fraction of sp³-hybridized carbons (Fsp3) is 0.261. The van der Waals surface area contributed by atoms with E-state index in [1.54, 1.807) is 0 Å². The van der Waals surface area contributed by atoms with Crippen molar-refractivity contribution in [3.8, 4) is 0 Å². The summed E-state index contributed by atoms with van der Waals surface area (Å²) < 4.78 is 0. The third kappa shape index (κ3) is 3.81. The standard InChI is InChI=1S/C23H25N3O/c1-17(21-11-5-7-18-6-2-3-10-22(18)21)25-23(27)19-8-4-9-20(16-19)26-14-12-24-13-15-26/h2-11,16-17,24H,12-15H2,1H3,(H,25,27)/t17-/m1/s1. The van der Waals surface area contributed by atoms with Gasteiger partial charge in [0.2, 0.25) is 0 Å². The maximum atomic E-state index is 12.9. The Balaban J connectivity index is 1.53. The van der Waals surface area contributed by atoms with E-state index in [0.717, 1.165) is 37.4 Å². The average molecular weight is 359 g/mol. The van der Waals surface area contributed by atoms with E-state index in [1.165, 1.54) is 10.8 Å². The van der Waals surface area contributed by atoms with Crippen LogP contribution in [0.15, 0.2) is 66.7 Å². The van der Waals surface area contributed by atoms with Crippen molar-refractivity contribution >= 4 is 22.4 Å². The van der Waals surface area contributed by atoms with Crippen LogP contribution in [0.2, 0.25) is 0 Å². The quantitative estimate of drug-likeness (QED) is 0.746. The molecule has 3 aromatic carbocycles. The molecule has 4 heteroatoms. The molecule has 4 nitrogen and oxygen atoms in total. The van der Waals surface area contributed by atoms with E-state index in [-0.39, 0.29) is 11.9 Å². The predicted octanol–water partition coefficient (Wildman–Crippen LogP) is 3.74. The van der Waals surface area contributed by atoms with Crippen LogP contribution in [0, 0.1) is 0 Å². The van der Waals surface area contributed by atoms with Gasteiger partial charge in [0.05, 0.1) is 6.04 Å². The summed E-state index contributed by atoms with van der Waals surface area (Å²) in [5, 5.41) is 8.90. The highest BCUT2D eigenvalue weighted by molar-refractivity contribution is 5.96. The lowest BCUT2D eigenvalue weighted by molar-refractivity contribution is 0.0940. The van der Waals surface area contributed by atoms with Crippen LogP contribution in [0.1, 0.15) is 28.9 Å². The summed E-state index contributed by atoms with van der Waals surface area (Å²) in [6.07, 6.45) is 0. The van der Waals surface area contributed by atoms with Crippen LogP contribution in [-0.2, 0) is 0 Å². The van der Waals surface area contributed by atoms with Gasteiger partial charge in [0.15, 0.2) is 0 Å². The first-order chi connectivity index (χ1) is 13.2. The monoisotopic (exact) mass is 359 g/mol. The van der Waals surface area contributed by atoms with E-state index in [2.05, 4.69) is 45.9 Å². The summed E-state index contributed by atoms with van der Waals surface area (Å²) in [7, 11) is 0. The van der Waals surface area contributed by atoms with E-state index in [4.69, 9.17) is 0 Å². The first-order valence-electron chi connectivity index (χ1n) is 9.56. The van der Waals surface area contributed by atoms with E-state index in [0.29, 0.717) is 5.56 Å².